The molecule has 2 aromatic carbocycles. The van der Waals surface area contributed by atoms with Crippen LogP contribution in [0, 0.1) is 6.92 Å². The summed E-state index contributed by atoms with van der Waals surface area (Å²) in [7, 11) is 1.61. The standard InChI is InChI=1S/C18H20N2O3/c1-13-4-3-5-15(12-13)20-18(22)17(21)19-11-10-14-6-8-16(23-2)9-7-14/h3-9,12H,10-11H2,1-2H3,(H,19,21)(H,20,22). The molecule has 0 aliphatic carbocycles. The molecule has 0 radical (unpaired) electrons. The Morgan fingerprint density at radius 1 is 1.04 bits per heavy atom. The lowest BCUT2D eigenvalue weighted by atomic mass is 10.1. The van der Waals surface area contributed by atoms with E-state index in [0.717, 1.165) is 16.9 Å². The molecule has 0 unspecified atom stereocenters. The van der Waals surface area contributed by atoms with E-state index in [4.69, 9.17) is 4.74 Å². The van der Waals surface area contributed by atoms with Gasteiger partial charge in [0, 0.05) is 12.2 Å². The summed E-state index contributed by atoms with van der Waals surface area (Å²) in [4.78, 5) is 23.6. The van der Waals surface area contributed by atoms with Gasteiger partial charge in [0.1, 0.15) is 5.75 Å². The first-order chi connectivity index (χ1) is 11.1. The van der Waals surface area contributed by atoms with Gasteiger partial charge in [-0.25, -0.2) is 0 Å². The second-order valence-electron chi connectivity index (χ2n) is 5.18. The Labute approximate surface area is 135 Å². The zero-order chi connectivity index (χ0) is 16.7. The largest absolute Gasteiger partial charge is 0.497 e. The Balaban J connectivity index is 1.78. The van der Waals surface area contributed by atoms with Crippen molar-refractivity contribution < 1.29 is 14.3 Å². The molecule has 2 N–H and O–H groups in total. The summed E-state index contributed by atoms with van der Waals surface area (Å²) in [5.74, 6) is -0.513. The van der Waals surface area contributed by atoms with Crippen LogP contribution in [-0.2, 0) is 16.0 Å². The fourth-order valence-electron chi connectivity index (χ4n) is 2.10. The molecule has 0 saturated heterocycles. The van der Waals surface area contributed by atoms with E-state index in [9.17, 15) is 9.59 Å². The Bertz CT molecular complexity index is 681. The molecule has 2 amide bonds. The summed E-state index contributed by atoms with van der Waals surface area (Å²) in [6, 6.07) is 14.9. The molecule has 0 saturated carbocycles. The van der Waals surface area contributed by atoms with Crippen molar-refractivity contribution in [1.82, 2.24) is 5.32 Å². The highest BCUT2D eigenvalue weighted by atomic mass is 16.5. The molecule has 120 valence electrons. The Hall–Kier alpha value is -2.82. The van der Waals surface area contributed by atoms with Crippen LogP contribution in [0.4, 0.5) is 5.69 Å². The van der Waals surface area contributed by atoms with Crippen molar-refractivity contribution in [3.63, 3.8) is 0 Å². The Morgan fingerprint density at radius 2 is 1.78 bits per heavy atom. The molecule has 0 fully saturated rings. The summed E-state index contributed by atoms with van der Waals surface area (Å²) in [6.07, 6.45) is 0.646. The van der Waals surface area contributed by atoms with Crippen LogP contribution in [0.15, 0.2) is 48.5 Å². The number of benzene rings is 2. The summed E-state index contributed by atoms with van der Waals surface area (Å²) in [5.41, 5.74) is 2.69. The molecule has 0 heterocycles. The third-order valence-electron chi connectivity index (χ3n) is 3.34. The van der Waals surface area contributed by atoms with Gasteiger partial charge in [-0.1, -0.05) is 24.3 Å². The third kappa shape index (κ3) is 5.14. The van der Waals surface area contributed by atoms with Crippen LogP contribution in [0.25, 0.3) is 0 Å². The quantitative estimate of drug-likeness (QED) is 0.833. The number of aryl methyl sites for hydroxylation is 1. The van der Waals surface area contributed by atoms with Crippen molar-refractivity contribution in [3.8, 4) is 5.75 Å². The lowest BCUT2D eigenvalue weighted by Gasteiger charge is -2.07. The summed E-state index contributed by atoms with van der Waals surface area (Å²) < 4.78 is 5.09. The second kappa shape index (κ2) is 7.98. The predicted octanol–water partition coefficient (Wildman–Crippen LogP) is 2.30. The molecule has 5 heteroatoms. The van der Waals surface area contributed by atoms with E-state index in [1.165, 1.54) is 0 Å². The fourth-order valence-corrected chi connectivity index (χ4v) is 2.10. The van der Waals surface area contributed by atoms with Gasteiger partial charge in [0.05, 0.1) is 7.11 Å². The zero-order valence-electron chi connectivity index (χ0n) is 13.3. The van der Waals surface area contributed by atoms with Crippen LogP contribution < -0.4 is 15.4 Å². The van der Waals surface area contributed by atoms with E-state index in [1.54, 1.807) is 13.2 Å². The number of amides is 2. The molecule has 0 aliphatic rings. The molecular formula is C18H20N2O3. The van der Waals surface area contributed by atoms with Gasteiger partial charge in [0.15, 0.2) is 0 Å². The van der Waals surface area contributed by atoms with E-state index in [-0.39, 0.29) is 0 Å². The normalized spacial score (nSPS) is 10.0. The van der Waals surface area contributed by atoms with E-state index in [1.807, 2.05) is 49.4 Å². The Kier molecular flexibility index (Phi) is 5.74. The summed E-state index contributed by atoms with van der Waals surface area (Å²) in [6.45, 7) is 2.32. The number of nitrogens with one attached hydrogen (secondary N) is 2. The molecule has 0 spiro atoms. The molecule has 0 bridgehead atoms. The van der Waals surface area contributed by atoms with Crippen molar-refractivity contribution in [1.29, 1.82) is 0 Å². The van der Waals surface area contributed by atoms with E-state index < -0.39 is 11.8 Å². The maximum atomic E-state index is 11.8. The maximum absolute atomic E-state index is 11.8. The predicted molar refractivity (Wildman–Crippen MR) is 89.5 cm³/mol. The number of anilines is 1. The van der Waals surface area contributed by atoms with Gasteiger partial charge in [-0.05, 0) is 48.7 Å². The van der Waals surface area contributed by atoms with Crippen LogP contribution in [0.5, 0.6) is 5.75 Å². The summed E-state index contributed by atoms with van der Waals surface area (Å²) >= 11 is 0. The second-order valence-corrected chi connectivity index (χ2v) is 5.18. The first-order valence-electron chi connectivity index (χ1n) is 7.37. The van der Waals surface area contributed by atoms with E-state index in [2.05, 4.69) is 10.6 Å². The van der Waals surface area contributed by atoms with Crippen LogP contribution in [-0.4, -0.2) is 25.5 Å². The van der Waals surface area contributed by atoms with Crippen molar-refractivity contribution in [2.24, 2.45) is 0 Å². The lowest BCUT2D eigenvalue weighted by molar-refractivity contribution is -0.136. The minimum Gasteiger partial charge on any atom is -0.497 e. The van der Waals surface area contributed by atoms with Crippen molar-refractivity contribution in [2.45, 2.75) is 13.3 Å². The van der Waals surface area contributed by atoms with Crippen LogP contribution >= 0.6 is 0 Å². The van der Waals surface area contributed by atoms with Gasteiger partial charge in [0.2, 0.25) is 0 Å². The lowest BCUT2D eigenvalue weighted by Crippen LogP contribution is -2.36. The smallest absolute Gasteiger partial charge is 0.313 e. The Morgan fingerprint density at radius 3 is 2.43 bits per heavy atom. The average Bonchev–Trinajstić information content (AvgIpc) is 2.55. The van der Waals surface area contributed by atoms with Gasteiger partial charge < -0.3 is 15.4 Å². The highest BCUT2D eigenvalue weighted by Gasteiger charge is 2.12. The first kappa shape index (κ1) is 16.5. The molecular weight excluding hydrogens is 292 g/mol. The first-order valence-corrected chi connectivity index (χ1v) is 7.37. The number of rotatable bonds is 5. The van der Waals surface area contributed by atoms with Crippen molar-refractivity contribution >= 4 is 17.5 Å². The topological polar surface area (TPSA) is 67.4 Å². The average molecular weight is 312 g/mol. The van der Waals surface area contributed by atoms with E-state index >= 15 is 0 Å². The van der Waals surface area contributed by atoms with Gasteiger partial charge in [-0.15, -0.1) is 0 Å². The number of carbonyl (C=O) groups is 2. The maximum Gasteiger partial charge on any atom is 0.313 e. The molecule has 0 aromatic heterocycles. The number of carbonyl (C=O) groups excluding carboxylic acids is 2. The zero-order valence-corrected chi connectivity index (χ0v) is 13.3. The third-order valence-corrected chi connectivity index (χ3v) is 3.34. The monoisotopic (exact) mass is 312 g/mol. The molecule has 23 heavy (non-hydrogen) atoms. The number of methoxy groups -OCH3 is 1. The van der Waals surface area contributed by atoms with Crippen LogP contribution in [0.3, 0.4) is 0 Å². The van der Waals surface area contributed by atoms with Crippen LogP contribution in [0.2, 0.25) is 0 Å². The summed E-state index contributed by atoms with van der Waals surface area (Å²) in [5, 5.41) is 5.19. The number of hydrogen-bond donors (Lipinski definition) is 2. The molecule has 0 atom stereocenters. The van der Waals surface area contributed by atoms with E-state index in [0.29, 0.717) is 18.7 Å². The van der Waals surface area contributed by atoms with Crippen molar-refractivity contribution in [2.75, 3.05) is 19.0 Å². The number of hydrogen-bond acceptors (Lipinski definition) is 3. The van der Waals surface area contributed by atoms with Crippen LogP contribution in [0.1, 0.15) is 11.1 Å². The van der Waals surface area contributed by atoms with Crippen molar-refractivity contribution in [3.05, 3.63) is 59.7 Å². The number of ether oxygens (including phenoxy) is 1. The minimum absolute atomic E-state index is 0.395. The highest BCUT2D eigenvalue weighted by molar-refractivity contribution is 6.39. The molecule has 2 rings (SSSR count). The van der Waals surface area contributed by atoms with Gasteiger partial charge in [0.25, 0.3) is 0 Å². The van der Waals surface area contributed by atoms with Gasteiger partial charge >= 0.3 is 11.8 Å². The minimum atomic E-state index is -0.662. The SMILES string of the molecule is COc1ccc(CCNC(=O)C(=O)Nc2cccc(C)c2)cc1. The molecule has 2 aromatic rings. The fraction of sp³-hybridized carbons (Fsp3) is 0.222. The molecule has 0 aliphatic heterocycles. The molecule has 5 nitrogen and oxygen atoms in total. The van der Waals surface area contributed by atoms with Gasteiger partial charge in [-0.3, -0.25) is 9.59 Å². The van der Waals surface area contributed by atoms with Gasteiger partial charge in [-0.2, -0.15) is 0 Å². The highest BCUT2D eigenvalue weighted by Crippen LogP contribution is 2.11.